The van der Waals surface area contributed by atoms with Gasteiger partial charge in [-0.15, -0.1) is 0 Å². The Morgan fingerprint density at radius 2 is 1.45 bits per heavy atom. The fourth-order valence-corrected chi connectivity index (χ4v) is 1.36. The molecule has 0 atom stereocenters. The van der Waals surface area contributed by atoms with Crippen molar-refractivity contribution in [3.05, 3.63) is 0 Å². The van der Waals surface area contributed by atoms with E-state index in [0.29, 0.717) is 0 Å². The minimum Gasteiger partial charge on any atom is -0.355 e. The van der Waals surface area contributed by atoms with Crippen molar-refractivity contribution < 1.29 is 4.79 Å². The van der Waals surface area contributed by atoms with Gasteiger partial charge in [-0.2, -0.15) is 0 Å². The van der Waals surface area contributed by atoms with E-state index in [1.54, 1.807) is 19.0 Å². The average molecular weight is 174 g/mol. The number of hydrogen-bond donors (Lipinski definition) is 0. The summed E-state index contributed by atoms with van der Waals surface area (Å²) in [6.07, 6.45) is 0. The summed E-state index contributed by atoms with van der Waals surface area (Å²) in [5.74, 6) is 0. The molecule has 2 amide bonds. The summed E-state index contributed by atoms with van der Waals surface area (Å²) in [7, 11) is 3.98. The molecule has 0 aliphatic carbocycles. The largest absolute Gasteiger partial charge is 0.355 e. The number of carbonyl (C=O) groups excluding carboxylic acids is 1. The molecule has 0 aliphatic rings. The van der Waals surface area contributed by atoms with Gasteiger partial charge < -0.3 is 9.47 Å². The van der Waals surface area contributed by atoms with Crippen LogP contribution in [0.1, 0.15) is 0 Å². The van der Waals surface area contributed by atoms with Gasteiger partial charge in [0, 0.05) is 21.1 Å². The van der Waals surface area contributed by atoms with E-state index in [4.69, 9.17) is 0 Å². The SMILES string of the molecule is CN(C)C(=O)N(C)[Si](C)(C)C. The Morgan fingerprint density at radius 3 is 1.55 bits per heavy atom. The number of carbonyl (C=O) groups is 1. The maximum Gasteiger partial charge on any atom is 0.311 e. The minimum absolute atomic E-state index is 0.101. The van der Waals surface area contributed by atoms with E-state index < -0.39 is 8.24 Å². The van der Waals surface area contributed by atoms with E-state index in [0.717, 1.165) is 0 Å². The summed E-state index contributed by atoms with van der Waals surface area (Å²) in [5.41, 5.74) is 0. The normalized spacial score (nSPS) is 11.1. The Kier molecular flexibility index (Phi) is 3.10. The Balaban J connectivity index is 4.26. The third kappa shape index (κ3) is 2.92. The number of hydrogen-bond acceptors (Lipinski definition) is 1. The van der Waals surface area contributed by atoms with Gasteiger partial charge >= 0.3 is 6.03 Å². The van der Waals surface area contributed by atoms with Crippen molar-refractivity contribution in [1.82, 2.24) is 9.47 Å². The first kappa shape index (κ1) is 10.5. The summed E-state index contributed by atoms with van der Waals surface area (Å²) in [6.45, 7) is 6.44. The van der Waals surface area contributed by atoms with Crippen LogP contribution >= 0.6 is 0 Å². The van der Waals surface area contributed by atoms with E-state index in [2.05, 4.69) is 19.6 Å². The van der Waals surface area contributed by atoms with Crippen LogP contribution in [0.4, 0.5) is 4.79 Å². The molecule has 0 spiro atoms. The molecule has 0 radical (unpaired) electrons. The van der Waals surface area contributed by atoms with Gasteiger partial charge in [-0.05, 0) is 0 Å². The van der Waals surface area contributed by atoms with Gasteiger partial charge in [0.2, 0.25) is 0 Å². The number of amides is 2. The molecule has 0 saturated heterocycles. The van der Waals surface area contributed by atoms with Gasteiger partial charge in [0.1, 0.15) is 0 Å². The Bertz CT molecular complexity index is 151. The van der Waals surface area contributed by atoms with Crippen LogP contribution in [0.2, 0.25) is 19.6 Å². The zero-order chi connectivity index (χ0) is 9.23. The first-order valence-corrected chi connectivity index (χ1v) is 7.16. The summed E-state index contributed by atoms with van der Waals surface area (Å²) in [6, 6.07) is 0.101. The van der Waals surface area contributed by atoms with Crippen molar-refractivity contribution in [1.29, 1.82) is 0 Å². The summed E-state index contributed by atoms with van der Waals surface area (Å²) in [5, 5.41) is 0. The van der Waals surface area contributed by atoms with Crippen LogP contribution in [0.5, 0.6) is 0 Å². The van der Waals surface area contributed by atoms with Crippen molar-refractivity contribution in [3.8, 4) is 0 Å². The van der Waals surface area contributed by atoms with E-state index in [9.17, 15) is 4.79 Å². The van der Waals surface area contributed by atoms with Crippen LogP contribution < -0.4 is 0 Å². The van der Waals surface area contributed by atoms with Crippen LogP contribution in [-0.4, -0.2) is 44.9 Å². The lowest BCUT2D eigenvalue weighted by atomic mass is 10.8. The van der Waals surface area contributed by atoms with Crippen molar-refractivity contribution in [2.75, 3.05) is 21.1 Å². The highest BCUT2D eigenvalue weighted by molar-refractivity contribution is 6.75. The number of rotatable bonds is 1. The quantitative estimate of drug-likeness (QED) is 0.552. The molecule has 0 aromatic carbocycles. The van der Waals surface area contributed by atoms with Crippen molar-refractivity contribution in [2.24, 2.45) is 0 Å². The topological polar surface area (TPSA) is 23.6 Å². The second-order valence-electron chi connectivity index (χ2n) is 3.91. The second kappa shape index (κ2) is 3.26. The van der Waals surface area contributed by atoms with Gasteiger partial charge in [0.05, 0.1) is 0 Å². The zero-order valence-corrected chi connectivity index (χ0v) is 9.30. The van der Waals surface area contributed by atoms with Gasteiger partial charge in [-0.3, -0.25) is 0 Å². The molecule has 3 nitrogen and oxygen atoms in total. The molecular formula is C7H18N2OSi. The molecule has 0 aromatic heterocycles. The smallest absolute Gasteiger partial charge is 0.311 e. The lowest BCUT2D eigenvalue weighted by molar-refractivity contribution is 0.201. The summed E-state index contributed by atoms with van der Waals surface area (Å²) >= 11 is 0. The lowest BCUT2D eigenvalue weighted by Gasteiger charge is -2.32. The highest BCUT2D eigenvalue weighted by Gasteiger charge is 2.25. The van der Waals surface area contributed by atoms with E-state index in [-0.39, 0.29) is 6.03 Å². The Morgan fingerprint density at radius 1 is 1.09 bits per heavy atom. The molecule has 66 valence electrons. The maximum absolute atomic E-state index is 11.4. The molecule has 0 aliphatic heterocycles. The van der Waals surface area contributed by atoms with Crippen molar-refractivity contribution in [3.63, 3.8) is 0 Å². The molecule has 0 rings (SSSR count). The molecule has 0 heterocycles. The molecule has 0 bridgehead atoms. The van der Waals surface area contributed by atoms with Gasteiger partial charge in [0.25, 0.3) is 0 Å². The molecular weight excluding hydrogens is 156 g/mol. The summed E-state index contributed by atoms with van der Waals surface area (Å²) in [4.78, 5) is 13.0. The maximum atomic E-state index is 11.4. The number of nitrogens with zero attached hydrogens (tertiary/aromatic N) is 2. The zero-order valence-electron chi connectivity index (χ0n) is 8.30. The lowest BCUT2D eigenvalue weighted by Crippen LogP contribution is -2.50. The Hall–Kier alpha value is -0.513. The molecule has 0 fully saturated rings. The third-order valence-electron chi connectivity index (χ3n) is 1.68. The number of urea groups is 1. The van der Waals surface area contributed by atoms with Crippen LogP contribution in [0, 0.1) is 0 Å². The first-order valence-electron chi connectivity index (χ1n) is 3.72. The highest BCUT2D eigenvalue weighted by atomic mass is 28.3. The molecule has 0 N–H and O–H groups in total. The molecule has 4 heteroatoms. The van der Waals surface area contributed by atoms with Crippen LogP contribution in [0.3, 0.4) is 0 Å². The summed E-state index contributed by atoms with van der Waals surface area (Å²) < 4.78 is 1.85. The molecule has 11 heavy (non-hydrogen) atoms. The standard InChI is InChI=1S/C7H18N2OSi/c1-8(2)7(10)9(3)11(4,5)6/h1-6H3. The first-order chi connectivity index (χ1) is 4.76. The molecule has 0 saturated carbocycles. The molecule has 0 aromatic rings. The van der Waals surface area contributed by atoms with Gasteiger partial charge in [-0.25, -0.2) is 4.79 Å². The monoisotopic (exact) mass is 174 g/mol. The van der Waals surface area contributed by atoms with Gasteiger partial charge in [0.15, 0.2) is 8.24 Å². The van der Waals surface area contributed by atoms with E-state index in [1.807, 2.05) is 11.6 Å². The predicted molar refractivity (Wildman–Crippen MR) is 50.2 cm³/mol. The average Bonchev–Trinajstić information content (AvgIpc) is 1.82. The fraction of sp³-hybridized carbons (Fsp3) is 0.857. The highest BCUT2D eigenvalue weighted by Crippen LogP contribution is 2.07. The van der Waals surface area contributed by atoms with Crippen LogP contribution in [0.25, 0.3) is 0 Å². The van der Waals surface area contributed by atoms with Gasteiger partial charge in [-0.1, -0.05) is 19.6 Å². The van der Waals surface area contributed by atoms with Crippen molar-refractivity contribution >= 4 is 14.3 Å². The molecule has 0 unspecified atom stereocenters. The van der Waals surface area contributed by atoms with E-state index >= 15 is 0 Å². The predicted octanol–water partition coefficient (Wildman–Crippen LogP) is 1.43. The minimum atomic E-state index is -1.44. The third-order valence-corrected chi connectivity index (χ3v) is 3.88. The van der Waals surface area contributed by atoms with Crippen LogP contribution in [0.15, 0.2) is 0 Å². The Labute approximate surface area is 70.1 Å². The van der Waals surface area contributed by atoms with Crippen molar-refractivity contribution in [2.45, 2.75) is 19.6 Å². The fourth-order valence-electron chi connectivity index (χ4n) is 0.587. The second-order valence-corrected chi connectivity index (χ2v) is 8.92. The van der Waals surface area contributed by atoms with E-state index in [1.165, 1.54) is 0 Å². The van der Waals surface area contributed by atoms with Crippen LogP contribution in [-0.2, 0) is 0 Å².